The van der Waals surface area contributed by atoms with E-state index in [1.807, 2.05) is 0 Å². The van der Waals surface area contributed by atoms with Gasteiger partial charge in [-0.2, -0.15) is 8.42 Å². The molecule has 3 nitrogen and oxygen atoms in total. The first-order valence-corrected chi connectivity index (χ1v) is 5.27. The molecule has 0 heterocycles. The summed E-state index contributed by atoms with van der Waals surface area (Å²) in [5, 5.41) is 0.769. The van der Waals surface area contributed by atoms with Crippen LogP contribution in [0.4, 0.5) is 0 Å². The second kappa shape index (κ2) is 9.48. The molecule has 0 radical (unpaired) electrons. The predicted octanol–water partition coefficient (Wildman–Crippen LogP) is -1.20. The summed E-state index contributed by atoms with van der Waals surface area (Å²) in [5.74, 6) is 0. The van der Waals surface area contributed by atoms with Crippen molar-refractivity contribution in [1.82, 2.24) is 0 Å². The van der Waals surface area contributed by atoms with Gasteiger partial charge in [-0.3, -0.25) is 4.55 Å². The third kappa shape index (κ3) is 6.90. The summed E-state index contributed by atoms with van der Waals surface area (Å²) in [5.41, 5.74) is 0.560. The van der Waals surface area contributed by atoms with Gasteiger partial charge in [-0.05, 0) is 23.9 Å². The Labute approximate surface area is 159 Å². The van der Waals surface area contributed by atoms with Crippen molar-refractivity contribution in [2.75, 3.05) is 0 Å². The van der Waals surface area contributed by atoms with E-state index in [0.717, 1.165) is 5.30 Å². The van der Waals surface area contributed by atoms with Crippen molar-refractivity contribution in [3.63, 3.8) is 0 Å². The van der Waals surface area contributed by atoms with Gasteiger partial charge in [0.2, 0.25) is 0 Å². The molecule has 0 aliphatic heterocycles. The summed E-state index contributed by atoms with van der Waals surface area (Å²) in [6.07, 6.45) is 0. The van der Waals surface area contributed by atoms with Gasteiger partial charge in [0, 0.05) is 0 Å². The SMILES string of the molecule is Cc1c(P)cccc1S(=O)(=O)O.[NaH].[NaH].[NaH]. The van der Waals surface area contributed by atoms with Crippen molar-refractivity contribution >= 4 is 113 Å². The van der Waals surface area contributed by atoms with Gasteiger partial charge < -0.3 is 0 Å². The van der Waals surface area contributed by atoms with Crippen LogP contribution in [-0.4, -0.2) is 102 Å². The zero-order valence-corrected chi connectivity index (χ0v) is 8.45. The molecule has 1 aromatic carbocycles. The molecule has 0 aromatic heterocycles. The summed E-state index contributed by atoms with van der Waals surface area (Å²) >= 11 is 0. The molecule has 0 aliphatic carbocycles. The van der Waals surface area contributed by atoms with Crippen molar-refractivity contribution < 1.29 is 13.0 Å². The van der Waals surface area contributed by atoms with Crippen LogP contribution in [0, 0.1) is 6.92 Å². The Morgan fingerprint density at radius 2 is 1.67 bits per heavy atom. The first-order chi connectivity index (χ1) is 5.43. The van der Waals surface area contributed by atoms with Crippen molar-refractivity contribution in [1.29, 1.82) is 0 Å². The van der Waals surface area contributed by atoms with E-state index in [2.05, 4.69) is 9.24 Å². The first kappa shape index (κ1) is 22.7. The van der Waals surface area contributed by atoms with E-state index < -0.39 is 10.1 Å². The molecule has 0 spiro atoms. The fourth-order valence-corrected chi connectivity index (χ4v) is 2.04. The molecule has 0 bridgehead atoms. The second-order valence-corrected chi connectivity index (χ2v) is 4.46. The van der Waals surface area contributed by atoms with Crippen LogP contribution in [-0.2, 0) is 10.1 Å². The van der Waals surface area contributed by atoms with Crippen molar-refractivity contribution in [2.45, 2.75) is 11.8 Å². The monoisotopic (exact) mass is 276 g/mol. The van der Waals surface area contributed by atoms with E-state index in [9.17, 15) is 8.42 Å². The van der Waals surface area contributed by atoms with Crippen LogP contribution in [0.15, 0.2) is 23.1 Å². The maximum atomic E-state index is 10.8. The molecule has 1 atom stereocenters. The van der Waals surface area contributed by atoms with Crippen molar-refractivity contribution in [3.8, 4) is 0 Å². The first-order valence-electron chi connectivity index (χ1n) is 3.25. The zero-order valence-electron chi connectivity index (χ0n) is 6.48. The Balaban J connectivity index is -0.000000480. The van der Waals surface area contributed by atoms with E-state index in [0.29, 0.717) is 5.56 Å². The molecule has 1 N–H and O–H groups in total. The molecule has 15 heavy (non-hydrogen) atoms. The van der Waals surface area contributed by atoms with E-state index in [1.165, 1.54) is 6.07 Å². The molecule has 0 amide bonds. The Morgan fingerprint density at radius 1 is 1.20 bits per heavy atom. The number of hydrogen-bond donors (Lipinski definition) is 1. The van der Waals surface area contributed by atoms with Gasteiger partial charge >= 0.3 is 88.7 Å². The van der Waals surface area contributed by atoms with E-state index in [4.69, 9.17) is 4.55 Å². The molecular weight excluding hydrogens is 264 g/mol. The summed E-state index contributed by atoms with van der Waals surface area (Å²) in [6, 6.07) is 4.71. The fourth-order valence-electron chi connectivity index (χ4n) is 0.911. The molecule has 0 saturated heterocycles. The predicted molar refractivity (Wildman–Crippen MR) is 71.8 cm³/mol. The van der Waals surface area contributed by atoms with Crippen molar-refractivity contribution in [3.05, 3.63) is 23.8 Å². The standard InChI is InChI=1S/C7H9O3PS.3Na.3H/c1-5-6(11)3-2-4-7(5)12(8,9)10;;;;;;/h2-4H,11H2,1H3,(H,8,9,10);;;;;;. The van der Waals surface area contributed by atoms with Gasteiger partial charge in [0.05, 0.1) is 4.90 Å². The van der Waals surface area contributed by atoms with Crippen LogP contribution >= 0.6 is 9.24 Å². The molecule has 0 fully saturated rings. The van der Waals surface area contributed by atoms with Gasteiger partial charge in [0.15, 0.2) is 0 Å². The molecule has 0 aliphatic rings. The fraction of sp³-hybridized carbons (Fsp3) is 0.143. The summed E-state index contributed by atoms with van der Waals surface area (Å²) in [4.78, 5) is -0.0324. The maximum absolute atomic E-state index is 10.8. The molecule has 0 saturated carbocycles. The van der Waals surface area contributed by atoms with Gasteiger partial charge in [0.25, 0.3) is 10.1 Å². The Morgan fingerprint density at radius 3 is 2.00 bits per heavy atom. The van der Waals surface area contributed by atoms with Gasteiger partial charge in [0.1, 0.15) is 0 Å². The molecule has 1 rings (SSSR count). The number of benzene rings is 1. The van der Waals surface area contributed by atoms with Gasteiger partial charge in [-0.15, -0.1) is 9.24 Å². The molecule has 8 heteroatoms. The number of rotatable bonds is 1. The Hall–Kier alpha value is 2.56. The van der Waals surface area contributed by atoms with E-state index in [1.54, 1.807) is 19.1 Å². The van der Waals surface area contributed by atoms with Crippen LogP contribution in [0.25, 0.3) is 0 Å². The van der Waals surface area contributed by atoms with Crippen molar-refractivity contribution in [2.24, 2.45) is 0 Å². The minimum absolute atomic E-state index is 0. The molecular formula is C7H12Na3O3PS. The molecule has 1 unspecified atom stereocenters. The summed E-state index contributed by atoms with van der Waals surface area (Å²) < 4.78 is 30.3. The zero-order chi connectivity index (χ0) is 9.35. The molecule has 72 valence electrons. The Bertz CT molecular complexity index is 408. The third-order valence-electron chi connectivity index (χ3n) is 1.60. The second-order valence-electron chi connectivity index (χ2n) is 2.45. The van der Waals surface area contributed by atoms with Crippen LogP contribution < -0.4 is 5.30 Å². The van der Waals surface area contributed by atoms with Crippen LogP contribution in [0.5, 0.6) is 0 Å². The van der Waals surface area contributed by atoms with Crippen LogP contribution in [0.1, 0.15) is 5.56 Å². The van der Waals surface area contributed by atoms with E-state index in [-0.39, 0.29) is 93.6 Å². The minimum atomic E-state index is -4.07. The van der Waals surface area contributed by atoms with Gasteiger partial charge in [-0.25, -0.2) is 0 Å². The summed E-state index contributed by atoms with van der Waals surface area (Å²) in [7, 11) is -1.67. The molecule has 1 aromatic rings. The topological polar surface area (TPSA) is 54.4 Å². The normalized spacial score (nSPS) is 9.27. The third-order valence-corrected chi connectivity index (χ3v) is 3.23. The van der Waals surface area contributed by atoms with Gasteiger partial charge in [-0.1, -0.05) is 12.1 Å². The average molecular weight is 276 g/mol. The Kier molecular flexibility index (Phi) is 14.4. The number of hydrogen-bond acceptors (Lipinski definition) is 2. The quantitative estimate of drug-likeness (QED) is 0.398. The van der Waals surface area contributed by atoms with Crippen LogP contribution in [0.3, 0.4) is 0 Å². The average Bonchev–Trinajstić information content (AvgIpc) is 1.92. The summed E-state index contributed by atoms with van der Waals surface area (Å²) in [6.45, 7) is 1.64. The van der Waals surface area contributed by atoms with Crippen LogP contribution in [0.2, 0.25) is 0 Å². The van der Waals surface area contributed by atoms with E-state index >= 15 is 0 Å².